The average molecular weight is 198 g/mol. The van der Waals surface area contributed by atoms with Crippen molar-refractivity contribution in [2.24, 2.45) is 0 Å². The third-order valence-corrected chi connectivity index (χ3v) is 1.76. The molecule has 1 aromatic carbocycles. The maximum atomic E-state index is 10.8. The van der Waals surface area contributed by atoms with Gasteiger partial charge in [-0.25, -0.2) is 4.79 Å². The first-order chi connectivity index (χ1) is 6.61. The van der Waals surface area contributed by atoms with E-state index in [9.17, 15) is 9.90 Å². The third-order valence-electron chi connectivity index (χ3n) is 1.76. The van der Waals surface area contributed by atoms with Gasteiger partial charge in [0.25, 0.3) is 0 Å². The monoisotopic (exact) mass is 198 g/mol. The topological polar surface area (TPSA) is 76.0 Å². The highest BCUT2D eigenvalue weighted by atomic mass is 16.5. The van der Waals surface area contributed by atoms with Gasteiger partial charge in [-0.2, -0.15) is 0 Å². The van der Waals surface area contributed by atoms with E-state index in [4.69, 9.17) is 14.6 Å². The number of carboxylic acids is 1. The summed E-state index contributed by atoms with van der Waals surface area (Å²) in [6.45, 7) is 0. The van der Waals surface area contributed by atoms with E-state index in [1.807, 2.05) is 0 Å². The molecule has 0 aromatic heterocycles. The molecular weight excluding hydrogens is 188 g/mol. The quantitative estimate of drug-likeness (QED) is 0.760. The predicted molar refractivity (Wildman–Crippen MR) is 48.2 cm³/mol. The Labute approximate surface area is 80.5 Å². The van der Waals surface area contributed by atoms with Gasteiger partial charge < -0.3 is 19.7 Å². The lowest BCUT2D eigenvalue weighted by Gasteiger charge is -2.09. The number of carbonyl (C=O) groups is 1. The third kappa shape index (κ3) is 1.56. The molecule has 5 heteroatoms. The molecule has 0 fully saturated rings. The maximum absolute atomic E-state index is 10.8. The zero-order chi connectivity index (χ0) is 10.7. The molecule has 0 spiro atoms. The fraction of sp³-hybridized carbons (Fsp3) is 0.222. The molecule has 76 valence electrons. The summed E-state index contributed by atoms with van der Waals surface area (Å²) in [4.78, 5) is 10.8. The molecule has 0 heterocycles. The second kappa shape index (κ2) is 3.87. The standard InChI is InChI=1S/C9H10O5/c1-13-5-3-4-6(14-2)8(10)7(5)9(11)12/h3-4,10H,1-2H3,(H,11,12). The maximum Gasteiger partial charge on any atom is 0.343 e. The zero-order valence-electron chi connectivity index (χ0n) is 7.77. The van der Waals surface area contributed by atoms with Gasteiger partial charge in [-0.15, -0.1) is 0 Å². The lowest BCUT2D eigenvalue weighted by atomic mass is 10.1. The highest BCUT2D eigenvalue weighted by Crippen LogP contribution is 2.35. The average Bonchev–Trinajstić information content (AvgIpc) is 2.16. The number of hydrogen-bond acceptors (Lipinski definition) is 4. The van der Waals surface area contributed by atoms with Crippen LogP contribution in [-0.2, 0) is 0 Å². The van der Waals surface area contributed by atoms with Crippen LogP contribution in [0.2, 0.25) is 0 Å². The van der Waals surface area contributed by atoms with Crippen molar-refractivity contribution < 1.29 is 24.5 Å². The van der Waals surface area contributed by atoms with Gasteiger partial charge in [-0.3, -0.25) is 0 Å². The first-order valence-electron chi connectivity index (χ1n) is 3.79. The van der Waals surface area contributed by atoms with Gasteiger partial charge in [0, 0.05) is 0 Å². The second-order valence-corrected chi connectivity index (χ2v) is 2.50. The van der Waals surface area contributed by atoms with E-state index in [0.29, 0.717) is 0 Å². The highest BCUT2D eigenvalue weighted by Gasteiger charge is 2.19. The van der Waals surface area contributed by atoms with Gasteiger partial charge in [0.15, 0.2) is 11.5 Å². The normalized spacial score (nSPS) is 9.57. The number of methoxy groups -OCH3 is 2. The number of carboxylic acid groups (broad SMARTS) is 1. The Hall–Kier alpha value is -1.91. The van der Waals surface area contributed by atoms with Gasteiger partial charge in [-0.05, 0) is 12.1 Å². The van der Waals surface area contributed by atoms with Crippen molar-refractivity contribution in [1.29, 1.82) is 0 Å². The van der Waals surface area contributed by atoms with Crippen LogP contribution in [0.5, 0.6) is 17.2 Å². The van der Waals surface area contributed by atoms with Gasteiger partial charge in [0.05, 0.1) is 14.2 Å². The molecule has 0 amide bonds. The number of hydrogen-bond donors (Lipinski definition) is 2. The molecule has 0 atom stereocenters. The van der Waals surface area contributed by atoms with Crippen molar-refractivity contribution in [2.45, 2.75) is 0 Å². The van der Waals surface area contributed by atoms with E-state index in [0.717, 1.165) is 0 Å². The minimum absolute atomic E-state index is 0.0933. The van der Waals surface area contributed by atoms with Crippen LogP contribution in [0, 0.1) is 0 Å². The van der Waals surface area contributed by atoms with E-state index >= 15 is 0 Å². The number of ether oxygens (including phenoxy) is 2. The minimum atomic E-state index is -1.27. The van der Waals surface area contributed by atoms with Gasteiger partial charge in [0.1, 0.15) is 11.3 Å². The van der Waals surface area contributed by atoms with Crippen molar-refractivity contribution in [2.75, 3.05) is 14.2 Å². The van der Waals surface area contributed by atoms with E-state index in [1.165, 1.54) is 26.4 Å². The molecule has 0 saturated carbocycles. The fourth-order valence-electron chi connectivity index (χ4n) is 1.10. The van der Waals surface area contributed by atoms with Gasteiger partial charge in [0.2, 0.25) is 0 Å². The number of phenols is 1. The number of rotatable bonds is 3. The SMILES string of the molecule is COc1ccc(OC)c(C(=O)O)c1O. The van der Waals surface area contributed by atoms with E-state index in [2.05, 4.69) is 0 Å². The van der Waals surface area contributed by atoms with Crippen molar-refractivity contribution in [3.05, 3.63) is 17.7 Å². The van der Waals surface area contributed by atoms with Gasteiger partial charge in [-0.1, -0.05) is 0 Å². The highest BCUT2D eigenvalue weighted by molar-refractivity contribution is 5.95. The summed E-state index contributed by atoms with van der Waals surface area (Å²) >= 11 is 0. The second-order valence-electron chi connectivity index (χ2n) is 2.50. The van der Waals surface area contributed by atoms with Crippen molar-refractivity contribution in [1.82, 2.24) is 0 Å². The number of aromatic carboxylic acids is 1. The molecule has 0 aliphatic carbocycles. The largest absolute Gasteiger partial charge is 0.504 e. The Morgan fingerprint density at radius 2 is 1.71 bits per heavy atom. The van der Waals surface area contributed by atoms with Crippen LogP contribution in [-0.4, -0.2) is 30.4 Å². The molecule has 14 heavy (non-hydrogen) atoms. The summed E-state index contributed by atoms with van der Waals surface area (Å²) in [5.74, 6) is -1.50. The Balaban J connectivity index is 3.39. The molecule has 0 aliphatic rings. The number of aromatic hydroxyl groups is 1. The van der Waals surface area contributed by atoms with Crippen LogP contribution in [0.4, 0.5) is 0 Å². The minimum Gasteiger partial charge on any atom is -0.504 e. The van der Waals surface area contributed by atoms with E-state index < -0.39 is 11.7 Å². The Kier molecular flexibility index (Phi) is 2.81. The van der Waals surface area contributed by atoms with Crippen molar-refractivity contribution in [3.63, 3.8) is 0 Å². The molecule has 0 unspecified atom stereocenters. The molecule has 0 saturated heterocycles. The lowest BCUT2D eigenvalue weighted by Crippen LogP contribution is -2.02. The summed E-state index contributed by atoms with van der Waals surface area (Å²) in [5.41, 5.74) is -0.299. The predicted octanol–water partition coefficient (Wildman–Crippen LogP) is 1.11. The Bertz CT molecular complexity index is 358. The molecule has 0 radical (unpaired) electrons. The summed E-state index contributed by atoms with van der Waals surface area (Å²) in [7, 11) is 2.67. The van der Waals surface area contributed by atoms with Gasteiger partial charge >= 0.3 is 5.97 Å². The van der Waals surface area contributed by atoms with Crippen LogP contribution in [0.1, 0.15) is 10.4 Å². The first-order valence-corrected chi connectivity index (χ1v) is 3.79. The van der Waals surface area contributed by atoms with Crippen LogP contribution >= 0.6 is 0 Å². The zero-order valence-corrected chi connectivity index (χ0v) is 7.77. The fourth-order valence-corrected chi connectivity index (χ4v) is 1.10. The van der Waals surface area contributed by atoms with Crippen LogP contribution in [0.25, 0.3) is 0 Å². The summed E-state index contributed by atoms with van der Waals surface area (Å²) < 4.78 is 9.56. The molecular formula is C9H10O5. The molecule has 0 bridgehead atoms. The van der Waals surface area contributed by atoms with Crippen molar-refractivity contribution >= 4 is 5.97 Å². The molecule has 1 aromatic rings. The Morgan fingerprint density at radius 1 is 1.21 bits per heavy atom. The molecule has 5 nitrogen and oxygen atoms in total. The molecule has 2 N–H and O–H groups in total. The smallest absolute Gasteiger partial charge is 0.343 e. The van der Waals surface area contributed by atoms with Crippen LogP contribution in [0.15, 0.2) is 12.1 Å². The lowest BCUT2D eigenvalue weighted by molar-refractivity contribution is 0.0689. The number of benzene rings is 1. The molecule has 0 aliphatic heterocycles. The first kappa shape index (κ1) is 10.2. The van der Waals surface area contributed by atoms with Crippen LogP contribution in [0.3, 0.4) is 0 Å². The summed E-state index contributed by atoms with van der Waals surface area (Å²) in [5, 5.41) is 18.3. The van der Waals surface area contributed by atoms with E-state index in [1.54, 1.807) is 0 Å². The molecule has 1 rings (SSSR count). The van der Waals surface area contributed by atoms with Crippen LogP contribution < -0.4 is 9.47 Å². The Morgan fingerprint density at radius 3 is 2.14 bits per heavy atom. The van der Waals surface area contributed by atoms with Crippen molar-refractivity contribution in [3.8, 4) is 17.2 Å². The van der Waals surface area contributed by atoms with E-state index in [-0.39, 0.29) is 17.1 Å². The summed E-state index contributed by atoms with van der Waals surface area (Å²) in [6, 6.07) is 2.85. The summed E-state index contributed by atoms with van der Waals surface area (Å²) in [6.07, 6.45) is 0.